The quantitative estimate of drug-likeness (QED) is 0.789. The molecule has 0 aromatic carbocycles. The number of imidazole rings is 1. The first-order valence-electron chi connectivity index (χ1n) is 10.0. The van der Waals surface area contributed by atoms with Gasteiger partial charge in [0.15, 0.2) is 0 Å². The average Bonchev–Trinajstić information content (AvgIpc) is 3.08. The van der Waals surface area contributed by atoms with Crippen LogP contribution in [0.25, 0.3) is 0 Å². The Morgan fingerprint density at radius 1 is 1.12 bits per heavy atom. The van der Waals surface area contributed by atoms with Crippen LogP contribution in [0.3, 0.4) is 0 Å². The molecule has 0 radical (unpaired) electrons. The summed E-state index contributed by atoms with van der Waals surface area (Å²) in [5.41, 5.74) is 0. The van der Waals surface area contributed by atoms with Crippen molar-refractivity contribution in [2.24, 2.45) is 11.8 Å². The Balaban J connectivity index is 1.38. The van der Waals surface area contributed by atoms with E-state index in [4.69, 9.17) is 0 Å². The predicted octanol–water partition coefficient (Wildman–Crippen LogP) is 4.04. The normalized spacial score (nSPS) is 20.5. The topological polar surface area (TPSA) is 38.1 Å². The Labute approximate surface area is 146 Å². The lowest BCUT2D eigenvalue weighted by Crippen LogP contribution is -2.39. The largest absolute Gasteiger partial charge is 0.343 e. The van der Waals surface area contributed by atoms with Crippen LogP contribution in [0.15, 0.2) is 12.4 Å². The van der Waals surface area contributed by atoms with Crippen LogP contribution in [-0.4, -0.2) is 33.4 Å². The van der Waals surface area contributed by atoms with Crippen LogP contribution in [-0.2, 0) is 17.8 Å². The lowest BCUT2D eigenvalue weighted by molar-refractivity contribution is -0.133. The van der Waals surface area contributed by atoms with Crippen molar-refractivity contribution < 1.29 is 4.79 Å². The van der Waals surface area contributed by atoms with Gasteiger partial charge in [0.05, 0.1) is 0 Å². The molecule has 134 valence electrons. The first-order chi connectivity index (χ1) is 11.8. The number of carbonyl (C=O) groups is 1. The van der Waals surface area contributed by atoms with Gasteiger partial charge >= 0.3 is 0 Å². The highest BCUT2D eigenvalue weighted by atomic mass is 16.2. The third-order valence-corrected chi connectivity index (χ3v) is 6.03. The maximum atomic E-state index is 12.5. The van der Waals surface area contributed by atoms with E-state index in [1.54, 1.807) is 0 Å². The number of piperidine rings is 1. The van der Waals surface area contributed by atoms with Gasteiger partial charge in [-0.15, -0.1) is 0 Å². The number of aryl methyl sites for hydroxylation is 1. The molecule has 1 amide bonds. The molecule has 4 nitrogen and oxygen atoms in total. The summed E-state index contributed by atoms with van der Waals surface area (Å²) in [4.78, 5) is 19.0. The van der Waals surface area contributed by atoms with Gasteiger partial charge in [-0.1, -0.05) is 39.0 Å². The van der Waals surface area contributed by atoms with Crippen molar-refractivity contribution in [3.8, 4) is 0 Å². The van der Waals surface area contributed by atoms with Crippen LogP contribution in [0.2, 0.25) is 0 Å². The summed E-state index contributed by atoms with van der Waals surface area (Å²) in [5, 5.41) is 0. The summed E-state index contributed by atoms with van der Waals surface area (Å²) in [6, 6.07) is 0. The molecule has 2 aliphatic rings. The molecule has 0 unspecified atom stereocenters. The molecule has 3 rings (SSSR count). The van der Waals surface area contributed by atoms with Gasteiger partial charge in [0.25, 0.3) is 0 Å². The van der Waals surface area contributed by atoms with E-state index in [0.717, 1.165) is 57.7 Å². The van der Waals surface area contributed by atoms with E-state index < -0.39 is 0 Å². The van der Waals surface area contributed by atoms with E-state index in [9.17, 15) is 4.79 Å². The number of hydrogen-bond acceptors (Lipinski definition) is 2. The van der Waals surface area contributed by atoms with Crippen molar-refractivity contribution in [3.63, 3.8) is 0 Å². The molecule has 1 aliphatic carbocycles. The van der Waals surface area contributed by atoms with Crippen molar-refractivity contribution in [1.29, 1.82) is 0 Å². The van der Waals surface area contributed by atoms with E-state index >= 15 is 0 Å². The zero-order chi connectivity index (χ0) is 16.8. The number of likely N-dealkylation sites (tertiary alicyclic amines) is 1. The minimum Gasteiger partial charge on any atom is -0.343 e. The Morgan fingerprint density at radius 3 is 2.58 bits per heavy atom. The molecular weight excluding hydrogens is 298 g/mol. The molecule has 1 aliphatic heterocycles. The highest BCUT2D eigenvalue weighted by Crippen LogP contribution is 2.28. The van der Waals surface area contributed by atoms with Gasteiger partial charge in [-0.25, -0.2) is 4.98 Å². The molecule has 1 aromatic rings. The van der Waals surface area contributed by atoms with Crippen LogP contribution in [0.1, 0.15) is 70.5 Å². The molecule has 1 saturated carbocycles. The van der Waals surface area contributed by atoms with E-state index in [2.05, 4.69) is 27.6 Å². The SMILES string of the molecule is CCc1nccn1CC1CCN(C(=O)CCC2CCCCC2)CC1. The summed E-state index contributed by atoms with van der Waals surface area (Å²) in [6.07, 6.45) is 16.0. The number of aromatic nitrogens is 2. The van der Waals surface area contributed by atoms with Crippen LogP contribution in [0.5, 0.6) is 0 Å². The molecule has 0 N–H and O–H groups in total. The summed E-state index contributed by atoms with van der Waals surface area (Å²) >= 11 is 0. The fraction of sp³-hybridized carbons (Fsp3) is 0.800. The highest BCUT2D eigenvalue weighted by Gasteiger charge is 2.24. The molecular formula is C20H33N3O. The molecule has 1 aromatic heterocycles. The van der Waals surface area contributed by atoms with E-state index in [0.29, 0.717) is 11.8 Å². The van der Waals surface area contributed by atoms with Gasteiger partial charge < -0.3 is 9.47 Å². The van der Waals surface area contributed by atoms with Gasteiger partial charge in [0.2, 0.25) is 5.91 Å². The number of nitrogens with zero attached hydrogens (tertiary/aromatic N) is 3. The molecule has 24 heavy (non-hydrogen) atoms. The van der Waals surface area contributed by atoms with Gasteiger partial charge in [0.1, 0.15) is 5.82 Å². The van der Waals surface area contributed by atoms with Gasteiger partial charge in [-0.2, -0.15) is 0 Å². The fourth-order valence-corrected chi connectivity index (χ4v) is 4.43. The minimum atomic E-state index is 0.399. The Hall–Kier alpha value is -1.32. The van der Waals surface area contributed by atoms with Crippen molar-refractivity contribution in [3.05, 3.63) is 18.2 Å². The maximum absolute atomic E-state index is 12.5. The third kappa shape index (κ3) is 4.61. The molecule has 4 heteroatoms. The van der Waals surface area contributed by atoms with Crippen molar-refractivity contribution in [1.82, 2.24) is 14.5 Å². The lowest BCUT2D eigenvalue weighted by atomic mass is 9.86. The molecule has 1 saturated heterocycles. The Bertz CT molecular complexity index is 511. The predicted molar refractivity (Wildman–Crippen MR) is 96.7 cm³/mol. The molecule has 0 atom stereocenters. The average molecular weight is 332 g/mol. The van der Waals surface area contributed by atoms with Crippen molar-refractivity contribution in [2.75, 3.05) is 13.1 Å². The number of rotatable bonds is 6. The maximum Gasteiger partial charge on any atom is 0.222 e. The number of hydrogen-bond donors (Lipinski definition) is 0. The van der Waals surface area contributed by atoms with E-state index in [-0.39, 0.29) is 0 Å². The van der Waals surface area contributed by atoms with Gasteiger partial charge in [-0.05, 0) is 31.1 Å². The zero-order valence-electron chi connectivity index (χ0n) is 15.3. The summed E-state index contributed by atoms with van der Waals surface area (Å²) < 4.78 is 2.30. The van der Waals surface area contributed by atoms with Gasteiger partial charge in [0, 0.05) is 44.9 Å². The monoisotopic (exact) mass is 331 g/mol. The standard InChI is InChI=1S/C20H33N3O/c1-2-19-21-12-15-23(19)16-18-10-13-22(14-11-18)20(24)9-8-17-6-4-3-5-7-17/h12,15,17-18H,2-11,13-14,16H2,1H3. The first-order valence-corrected chi connectivity index (χ1v) is 10.0. The zero-order valence-corrected chi connectivity index (χ0v) is 15.3. The molecule has 2 fully saturated rings. The molecule has 0 spiro atoms. The third-order valence-electron chi connectivity index (χ3n) is 6.03. The van der Waals surface area contributed by atoms with Gasteiger partial charge in [-0.3, -0.25) is 4.79 Å². The van der Waals surface area contributed by atoms with Crippen LogP contribution in [0, 0.1) is 11.8 Å². The second kappa shape index (κ2) is 8.68. The van der Waals surface area contributed by atoms with Crippen LogP contribution in [0.4, 0.5) is 0 Å². The second-order valence-corrected chi connectivity index (χ2v) is 7.72. The summed E-state index contributed by atoms with van der Waals surface area (Å²) in [7, 11) is 0. The number of carbonyl (C=O) groups excluding carboxylic acids is 1. The molecule has 2 heterocycles. The minimum absolute atomic E-state index is 0.399. The first kappa shape index (κ1) is 17.5. The van der Waals surface area contributed by atoms with Crippen molar-refractivity contribution >= 4 is 5.91 Å². The smallest absolute Gasteiger partial charge is 0.222 e. The number of amides is 1. The molecule has 0 bridgehead atoms. The second-order valence-electron chi connectivity index (χ2n) is 7.72. The van der Waals surface area contributed by atoms with Crippen molar-refractivity contribution in [2.45, 2.75) is 77.7 Å². The highest BCUT2D eigenvalue weighted by molar-refractivity contribution is 5.76. The van der Waals surface area contributed by atoms with Crippen LogP contribution >= 0.6 is 0 Å². The van der Waals surface area contributed by atoms with Crippen LogP contribution < -0.4 is 0 Å². The van der Waals surface area contributed by atoms with E-state index in [1.807, 2.05) is 6.20 Å². The summed E-state index contributed by atoms with van der Waals surface area (Å²) in [6.45, 7) is 5.12. The Kier molecular flexibility index (Phi) is 6.33. The Morgan fingerprint density at radius 2 is 1.88 bits per heavy atom. The fourth-order valence-electron chi connectivity index (χ4n) is 4.43. The lowest BCUT2D eigenvalue weighted by Gasteiger charge is -2.33. The van der Waals surface area contributed by atoms with E-state index in [1.165, 1.54) is 37.9 Å². The summed E-state index contributed by atoms with van der Waals surface area (Å²) in [5.74, 6) is 3.08.